The largest absolute Gasteiger partial charge is 0.508 e. The molecule has 0 bridgehead atoms. The lowest BCUT2D eigenvalue weighted by Gasteiger charge is -2.24. The molecule has 0 fully saturated rings. The van der Waals surface area contributed by atoms with E-state index in [9.17, 15) is 25.2 Å². The van der Waals surface area contributed by atoms with Crippen molar-refractivity contribution in [1.82, 2.24) is 0 Å². The fourth-order valence-electron chi connectivity index (χ4n) is 2.62. The first-order chi connectivity index (χ1) is 11.0. The van der Waals surface area contributed by atoms with Gasteiger partial charge in [0.05, 0.1) is 5.39 Å². The summed E-state index contributed by atoms with van der Waals surface area (Å²) < 4.78 is 10.8. The Morgan fingerprint density at radius 1 is 1.00 bits per heavy atom. The van der Waals surface area contributed by atoms with E-state index in [1.54, 1.807) is 0 Å². The molecule has 7 heteroatoms. The Bertz CT molecular complexity index is 1020. The molecule has 0 saturated heterocycles. The zero-order valence-electron chi connectivity index (χ0n) is 11.5. The van der Waals surface area contributed by atoms with E-state index in [1.807, 2.05) is 0 Å². The number of rotatable bonds is 0. The average Bonchev–Trinajstić information content (AvgIpc) is 2.51. The van der Waals surface area contributed by atoms with E-state index in [0.717, 1.165) is 6.07 Å². The minimum absolute atomic E-state index is 0.00343. The Kier molecular flexibility index (Phi) is 2.58. The molecule has 1 unspecified atom stereocenters. The number of benzene rings is 2. The number of hydrogen-bond donors (Lipinski definition) is 4. The summed E-state index contributed by atoms with van der Waals surface area (Å²) in [6.07, 6.45) is -1.48. The highest BCUT2D eigenvalue weighted by atomic mass is 16.6. The zero-order valence-corrected chi connectivity index (χ0v) is 11.5. The van der Waals surface area contributed by atoms with E-state index in [-0.39, 0.29) is 39.4 Å². The van der Waals surface area contributed by atoms with Gasteiger partial charge >= 0.3 is 0 Å². The van der Waals surface area contributed by atoms with Gasteiger partial charge in [0, 0.05) is 17.2 Å². The minimum Gasteiger partial charge on any atom is -0.508 e. The SMILES string of the molecule is O=c1c2c(oc3cc(O)ccc13)-c1cc(O)c(O)cc1C(O)O2. The smallest absolute Gasteiger partial charge is 0.235 e. The average molecular weight is 314 g/mol. The van der Waals surface area contributed by atoms with Crippen LogP contribution in [0.15, 0.2) is 39.5 Å². The molecule has 2 heterocycles. The van der Waals surface area contributed by atoms with E-state index in [0.29, 0.717) is 0 Å². The Balaban J connectivity index is 2.12. The first-order valence-corrected chi connectivity index (χ1v) is 6.66. The second-order valence-corrected chi connectivity index (χ2v) is 5.17. The van der Waals surface area contributed by atoms with Crippen LogP contribution >= 0.6 is 0 Å². The van der Waals surface area contributed by atoms with Gasteiger partial charge in [0.15, 0.2) is 17.3 Å². The van der Waals surface area contributed by atoms with Crippen molar-refractivity contribution >= 4 is 11.0 Å². The van der Waals surface area contributed by atoms with Crippen LogP contribution in [-0.4, -0.2) is 20.4 Å². The Labute approximate surface area is 128 Å². The number of fused-ring (bicyclic) bond motifs is 4. The van der Waals surface area contributed by atoms with E-state index < -0.39 is 23.2 Å². The van der Waals surface area contributed by atoms with Gasteiger partial charge in [-0.2, -0.15) is 0 Å². The fraction of sp³-hybridized carbons (Fsp3) is 0.0625. The number of aromatic hydroxyl groups is 3. The van der Waals surface area contributed by atoms with Crippen LogP contribution in [-0.2, 0) is 0 Å². The molecule has 4 rings (SSSR count). The van der Waals surface area contributed by atoms with Crippen LogP contribution in [0.3, 0.4) is 0 Å². The molecule has 0 amide bonds. The van der Waals surface area contributed by atoms with Gasteiger partial charge in [0.1, 0.15) is 11.3 Å². The molecule has 0 spiro atoms. The van der Waals surface area contributed by atoms with E-state index in [4.69, 9.17) is 9.15 Å². The molecule has 7 nitrogen and oxygen atoms in total. The number of aliphatic hydroxyl groups is 1. The van der Waals surface area contributed by atoms with Crippen LogP contribution < -0.4 is 10.2 Å². The minimum atomic E-state index is -1.48. The van der Waals surface area contributed by atoms with Gasteiger partial charge in [-0.05, 0) is 24.3 Å². The first-order valence-electron chi connectivity index (χ1n) is 6.66. The summed E-state index contributed by atoms with van der Waals surface area (Å²) in [4.78, 5) is 12.5. The molecule has 23 heavy (non-hydrogen) atoms. The summed E-state index contributed by atoms with van der Waals surface area (Å²) in [7, 11) is 0. The Hall–Kier alpha value is -3.19. The fourth-order valence-corrected chi connectivity index (χ4v) is 2.62. The molecule has 4 N–H and O–H groups in total. The van der Waals surface area contributed by atoms with Gasteiger partial charge < -0.3 is 29.6 Å². The van der Waals surface area contributed by atoms with Gasteiger partial charge in [-0.3, -0.25) is 4.79 Å². The van der Waals surface area contributed by atoms with Gasteiger partial charge in [-0.15, -0.1) is 0 Å². The van der Waals surface area contributed by atoms with Crippen LogP contribution in [0.2, 0.25) is 0 Å². The van der Waals surface area contributed by atoms with Gasteiger partial charge in [0.2, 0.25) is 17.5 Å². The van der Waals surface area contributed by atoms with Crippen LogP contribution in [0, 0.1) is 0 Å². The van der Waals surface area contributed by atoms with Crippen molar-refractivity contribution in [2.75, 3.05) is 0 Å². The molecule has 3 aromatic rings. The van der Waals surface area contributed by atoms with E-state index in [1.165, 1.54) is 24.3 Å². The highest BCUT2D eigenvalue weighted by Crippen LogP contribution is 2.45. The topological polar surface area (TPSA) is 120 Å². The lowest BCUT2D eigenvalue weighted by atomic mass is 9.99. The molecule has 0 saturated carbocycles. The summed E-state index contributed by atoms with van der Waals surface area (Å²) in [5, 5.41) is 39.0. The third-order valence-corrected chi connectivity index (χ3v) is 3.72. The molecule has 116 valence electrons. The summed E-state index contributed by atoms with van der Waals surface area (Å²) >= 11 is 0. The monoisotopic (exact) mass is 314 g/mol. The predicted octanol–water partition coefficient (Wildman–Crippen LogP) is 1.96. The van der Waals surface area contributed by atoms with Crippen LogP contribution in [0.4, 0.5) is 0 Å². The molecular weight excluding hydrogens is 304 g/mol. The van der Waals surface area contributed by atoms with Gasteiger partial charge in [-0.25, -0.2) is 0 Å². The number of phenols is 3. The lowest BCUT2D eigenvalue weighted by molar-refractivity contribution is -0.0237. The third kappa shape index (κ3) is 1.84. The second kappa shape index (κ2) is 4.40. The Morgan fingerprint density at radius 3 is 2.52 bits per heavy atom. The van der Waals surface area contributed by atoms with Crippen LogP contribution in [0.5, 0.6) is 23.0 Å². The molecule has 1 atom stereocenters. The molecule has 0 aliphatic carbocycles. The zero-order chi connectivity index (χ0) is 16.3. The van der Waals surface area contributed by atoms with Crippen molar-refractivity contribution in [3.05, 3.63) is 46.1 Å². The highest BCUT2D eigenvalue weighted by molar-refractivity contribution is 5.84. The third-order valence-electron chi connectivity index (χ3n) is 3.72. The van der Waals surface area contributed by atoms with E-state index >= 15 is 0 Å². The Morgan fingerprint density at radius 2 is 1.74 bits per heavy atom. The van der Waals surface area contributed by atoms with Gasteiger partial charge in [-0.1, -0.05) is 0 Å². The lowest BCUT2D eigenvalue weighted by Crippen LogP contribution is -2.19. The maximum absolute atomic E-state index is 12.5. The quantitative estimate of drug-likeness (QED) is 0.468. The summed E-state index contributed by atoms with van der Waals surface area (Å²) in [6, 6.07) is 6.30. The normalized spacial score (nSPS) is 15.8. The number of hydrogen-bond acceptors (Lipinski definition) is 7. The van der Waals surface area contributed by atoms with Crippen molar-refractivity contribution < 1.29 is 29.6 Å². The molecule has 1 aromatic heterocycles. The van der Waals surface area contributed by atoms with Crippen LogP contribution in [0.1, 0.15) is 11.9 Å². The summed E-state index contributed by atoms with van der Waals surface area (Å²) in [6.45, 7) is 0. The molecule has 2 aromatic carbocycles. The second-order valence-electron chi connectivity index (χ2n) is 5.17. The first kappa shape index (κ1) is 13.5. The maximum atomic E-state index is 12.5. The van der Waals surface area contributed by atoms with Crippen molar-refractivity contribution in [1.29, 1.82) is 0 Å². The number of ether oxygens (including phenoxy) is 1. The summed E-state index contributed by atoms with van der Waals surface area (Å²) in [5.41, 5.74) is -0.0161. The van der Waals surface area contributed by atoms with Crippen molar-refractivity contribution in [2.24, 2.45) is 0 Å². The van der Waals surface area contributed by atoms with Crippen LogP contribution in [0.25, 0.3) is 22.3 Å². The number of phenolic OH excluding ortho intramolecular Hbond substituents is 3. The molecule has 0 radical (unpaired) electrons. The molecule has 1 aliphatic rings. The predicted molar refractivity (Wildman–Crippen MR) is 78.5 cm³/mol. The van der Waals surface area contributed by atoms with Gasteiger partial charge in [0.25, 0.3) is 0 Å². The summed E-state index contributed by atoms with van der Waals surface area (Å²) in [5.74, 6) is -1.14. The molecular formula is C16H10O7. The van der Waals surface area contributed by atoms with Crippen molar-refractivity contribution in [3.8, 4) is 34.3 Å². The highest BCUT2D eigenvalue weighted by Gasteiger charge is 2.31. The standard InChI is InChI=1S/C16H10O7/c17-6-1-2-7-12(3-6)22-14-8-4-10(18)11(19)5-9(8)16(21)23-15(14)13(7)20/h1-5,16-19,21H. The maximum Gasteiger partial charge on any atom is 0.235 e. The number of aliphatic hydroxyl groups excluding tert-OH is 1. The van der Waals surface area contributed by atoms with E-state index in [2.05, 4.69) is 0 Å². The van der Waals surface area contributed by atoms with Crippen molar-refractivity contribution in [2.45, 2.75) is 6.29 Å². The van der Waals surface area contributed by atoms with Crippen molar-refractivity contribution in [3.63, 3.8) is 0 Å². The molecule has 1 aliphatic heterocycles.